The number of halogens is 4. The molecule has 8 nitrogen and oxygen atoms in total. The third-order valence-corrected chi connectivity index (χ3v) is 11.1. The quantitative estimate of drug-likeness (QED) is 0.205. The van der Waals surface area contributed by atoms with E-state index in [-0.39, 0.29) is 35.5 Å². The molecule has 0 bridgehead atoms. The van der Waals surface area contributed by atoms with Crippen LogP contribution >= 0.6 is 55.1 Å². The number of anilines is 1. The summed E-state index contributed by atoms with van der Waals surface area (Å²) in [6, 6.07) is 11.5. The van der Waals surface area contributed by atoms with Crippen LogP contribution in [0.25, 0.3) is 0 Å². The normalized spacial score (nSPS) is 33.1. The average molecular weight is 713 g/mol. The fraction of sp³-hybridized carbons (Fsp3) is 0.357. The lowest BCUT2D eigenvalue weighted by Gasteiger charge is -2.50. The van der Waals surface area contributed by atoms with Gasteiger partial charge in [-0.1, -0.05) is 49.6 Å². The minimum atomic E-state index is -1.99. The summed E-state index contributed by atoms with van der Waals surface area (Å²) in [4.78, 5) is 53.3. The molecular formula is C28H22Br2Cl2N2O6. The second kappa shape index (κ2) is 9.58. The molecule has 0 spiro atoms. The number of amides is 4. The lowest BCUT2D eigenvalue weighted by molar-refractivity contribution is -0.138. The number of hydrogen-bond donors (Lipinski definition) is 1. The Labute approximate surface area is 256 Å². The smallest absolute Gasteiger partial charge is 0.254 e. The zero-order valence-electron chi connectivity index (χ0n) is 20.9. The molecule has 208 valence electrons. The predicted molar refractivity (Wildman–Crippen MR) is 155 cm³/mol. The molecule has 2 aliphatic heterocycles. The van der Waals surface area contributed by atoms with Crippen LogP contribution in [0.15, 0.2) is 58.6 Å². The van der Waals surface area contributed by atoms with Crippen LogP contribution in [0.1, 0.15) is 24.3 Å². The van der Waals surface area contributed by atoms with Crippen LogP contribution in [0.3, 0.4) is 0 Å². The number of likely N-dealkylation sites (tertiary alicyclic amines) is 1. The molecular weight excluding hydrogens is 691 g/mol. The van der Waals surface area contributed by atoms with Crippen molar-refractivity contribution >= 4 is 84.4 Å². The summed E-state index contributed by atoms with van der Waals surface area (Å²) < 4.78 is 6.03. The van der Waals surface area contributed by atoms with Crippen molar-refractivity contribution in [3.63, 3.8) is 0 Å². The van der Waals surface area contributed by atoms with Gasteiger partial charge in [-0.3, -0.25) is 29.0 Å². The van der Waals surface area contributed by atoms with Crippen LogP contribution < -0.4 is 9.64 Å². The molecule has 2 aromatic carbocycles. The Balaban J connectivity index is 1.52. The maximum absolute atomic E-state index is 14.0. The highest BCUT2D eigenvalue weighted by Gasteiger charge is 2.76. The second-order valence-corrected chi connectivity index (χ2v) is 13.1. The fourth-order valence-corrected chi connectivity index (χ4v) is 8.52. The number of phenolic OH excluding ortho intramolecular Hbond substituents is 1. The molecule has 0 radical (unpaired) electrons. The highest BCUT2D eigenvalue weighted by Crippen LogP contribution is 2.66. The first kappa shape index (κ1) is 27.8. The molecule has 3 fully saturated rings. The summed E-state index contributed by atoms with van der Waals surface area (Å²) in [5.41, 5.74) is 1.19. The largest absolute Gasteiger partial charge is 0.508 e. The summed E-state index contributed by atoms with van der Waals surface area (Å²) in [6.07, 6.45) is 1.93. The second-order valence-electron chi connectivity index (χ2n) is 10.4. The highest BCUT2D eigenvalue weighted by molar-refractivity contribution is 9.10. The van der Waals surface area contributed by atoms with E-state index < -0.39 is 51.1 Å². The fourth-order valence-electron chi connectivity index (χ4n) is 6.84. The summed E-state index contributed by atoms with van der Waals surface area (Å²) in [5, 5.41) is 11.1. The summed E-state index contributed by atoms with van der Waals surface area (Å²) >= 11 is 20.9. The molecule has 0 unspecified atom stereocenters. The van der Waals surface area contributed by atoms with Gasteiger partial charge in [-0.15, -0.1) is 23.2 Å². The molecule has 40 heavy (non-hydrogen) atoms. The molecule has 12 heteroatoms. The van der Waals surface area contributed by atoms with Crippen LogP contribution in [0.4, 0.5) is 5.69 Å². The molecule has 4 amide bonds. The molecule has 1 N–H and O–H groups in total. The van der Waals surface area contributed by atoms with Gasteiger partial charge in [0.05, 0.1) is 30.1 Å². The number of imide groups is 2. The van der Waals surface area contributed by atoms with E-state index in [4.69, 9.17) is 27.9 Å². The maximum atomic E-state index is 14.0. The van der Waals surface area contributed by atoms with E-state index in [1.54, 1.807) is 36.4 Å². The van der Waals surface area contributed by atoms with Crippen molar-refractivity contribution < 1.29 is 29.0 Å². The van der Waals surface area contributed by atoms with Crippen LogP contribution in [0, 0.1) is 17.8 Å². The molecule has 2 aromatic rings. The Hall–Kier alpha value is -2.40. The van der Waals surface area contributed by atoms with Crippen molar-refractivity contribution in [2.75, 3.05) is 17.5 Å². The summed E-state index contributed by atoms with van der Waals surface area (Å²) in [5.74, 6) is -5.17. The molecule has 2 heterocycles. The van der Waals surface area contributed by atoms with E-state index in [0.29, 0.717) is 17.0 Å². The highest BCUT2D eigenvalue weighted by atomic mass is 79.9. The Kier molecular flexibility index (Phi) is 6.64. The number of phenols is 1. The van der Waals surface area contributed by atoms with Crippen LogP contribution in [-0.4, -0.2) is 55.9 Å². The molecule has 2 aliphatic carbocycles. The third kappa shape index (κ3) is 3.55. The minimum absolute atomic E-state index is 0.125. The number of ether oxygens (including phenoxy) is 1. The first-order valence-corrected chi connectivity index (χ1v) is 15.2. The zero-order chi connectivity index (χ0) is 28.7. The van der Waals surface area contributed by atoms with Crippen LogP contribution in [-0.2, 0) is 19.2 Å². The Bertz CT molecular complexity index is 1520. The van der Waals surface area contributed by atoms with E-state index >= 15 is 0 Å². The monoisotopic (exact) mass is 710 g/mol. The van der Waals surface area contributed by atoms with E-state index in [2.05, 4.69) is 31.9 Å². The standard InChI is InChI=1S/C28H22Br2Cl2N2O6/c1-40-15-6-7-17(20(35)10-15)22-16-8-9-18-21(24(37)34(23(18)36)14-4-2-13(30)3-5-14)19(16)11-27(31)25(38)33(12-29)26(39)28(22,27)32/h2-8,10,18-19,21-22,35H,9,11-12H2,1H3/t18-,19+,21-,22+,27+,28-/m0/s1. The van der Waals surface area contributed by atoms with E-state index in [1.807, 2.05) is 6.08 Å². The van der Waals surface area contributed by atoms with Crippen molar-refractivity contribution in [3.05, 3.63) is 64.1 Å². The number of methoxy groups -OCH3 is 1. The lowest BCUT2D eigenvalue weighted by Crippen LogP contribution is -2.60. The van der Waals surface area contributed by atoms with Gasteiger partial charge in [0, 0.05) is 22.0 Å². The van der Waals surface area contributed by atoms with Crippen LogP contribution in [0.5, 0.6) is 11.5 Å². The first-order chi connectivity index (χ1) is 19.0. The summed E-state index contributed by atoms with van der Waals surface area (Å²) in [7, 11) is 1.45. The number of hydrogen-bond acceptors (Lipinski definition) is 6. The SMILES string of the molecule is COc1ccc([C@H]2C3=CC[C@@H]4C(=O)N(c5ccc(Br)cc5)C(=O)[C@@H]4[C@@H]3C[C@@]3(Cl)C(=O)N(CBr)C(=O)[C@@]23Cl)c(O)c1. The molecule has 0 aromatic heterocycles. The van der Waals surface area contributed by atoms with Crippen molar-refractivity contribution in [3.8, 4) is 11.5 Å². The lowest BCUT2D eigenvalue weighted by atomic mass is 9.56. The molecule has 6 atom stereocenters. The number of carbonyl (C=O) groups is 4. The van der Waals surface area contributed by atoms with E-state index in [0.717, 1.165) is 9.37 Å². The number of rotatable bonds is 4. The van der Waals surface area contributed by atoms with Crippen molar-refractivity contribution in [1.82, 2.24) is 4.90 Å². The van der Waals surface area contributed by atoms with Crippen molar-refractivity contribution in [1.29, 1.82) is 0 Å². The molecule has 2 saturated heterocycles. The summed E-state index contributed by atoms with van der Waals surface area (Å²) in [6.45, 7) is 0. The number of benzene rings is 2. The Morgan fingerprint density at radius 2 is 1.73 bits per heavy atom. The number of nitrogens with zero attached hydrogens (tertiary/aromatic N) is 2. The predicted octanol–water partition coefficient (Wildman–Crippen LogP) is 5.08. The first-order valence-electron chi connectivity index (χ1n) is 12.5. The minimum Gasteiger partial charge on any atom is -0.508 e. The zero-order valence-corrected chi connectivity index (χ0v) is 25.6. The van der Waals surface area contributed by atoms with Gasteiger partial charge < -0.3 is 9.84 Å². The molecule has 1 saturated carbocycles. The number of aromatic hydroxyl groups is 1. The topological polar surface area (TPSA) is 104 Å². The van der Waals surface area contributed by atoms with E-state index in [1.165, 1.54) is 18.1 Å². The van der Waals surface area contributed by atoms with Crippen molar-refractivity contribution in [2.24, 2.45) is 17.8 Å². The molecule has 4 aliphatic rings. The number of fused-ring (bicyclic) bond motifs is 4. The number of carbonyl (C=O) groups excluding carboxylic acids is 4. The van der Waals surface area contributed by atoms with Gasteiger partial charge in [-0.25, -0.2) is 0 Å². The Morgan fingerprint density at radius 3 is 2.35 bits per heavy atom. The van der Waals surface area contributed by atoms with Gasteiger partial charge in [0.15, 0.2) is 9.75 Å². The number of alkyl halides is 3. The maximum Gasteiger partial charge on any atom is 0.254 e. The third-order valence-electron chi connectivity index (χ3n) is 8.65. The average Bonchev–Trinajstić information content (AvgIpc) is 3.27. The van der Waals surface area contributed by atoms with Gasteiger partial charge in [0.2, 0.25) is 11.8 Å². The van der Waals surface area contributed by atoms with Gasteiger partial charge in [-0.05, 0) is 49.1 Å². The van der Waals surface area contributed by atoms with Crippen LogP contribution in [0.2, 0.25) is 0 Å². The van der Waals surface area contributed by atoms with Gasteiger partial charge in [0.25, 0.3) is 11.8 Å². The molecule has 6 rings (SSSR count). The Morgan fingerprint density at radius 1 is 1.02 bits per heavy atom. The van der Waals surface area contributed by atoms with Crippen molar-refractivity contribution in [2.45, 2.75) is 28.5 Å². The number of allylic oxidation sites excluding steroid dienone is 2. The van der Waals surface area contributed by atoms with E-state index in [9.17, 15) is 24.3 Å². The van der Waals surface area contributed by atoms with Gasteiger partial charge in [-0.2, -0.15) is 0 Å². The van der Waals surface area contributed by atoms with Gasteiger partial charge in [0.1, 0.15) is 11.5 Å². The van der Waals surface area contributed by atoms with Gasteiger partial charge >= 0.3 is 0 Å².